The standard InChI is InChI=1S/C10H15NO/c1-6-5-8(6)10-4-3-9(12-10)7(2)11/h3-4,6-8H,5,11H2,1-2H3/t6?,7-,8?/m1/s1. The van der Waals surface area contributed by atoms with Gasteiger partial charge in [0.05, 0.1) is 6.04 Å². The van der Waals surface area contributed by atoms with Crippen LogP contribution in [0.4, 0.5) is 0 Å². The summed E-state index contributed by atoms with van der Waals surface area (Å²) in [5.41, 5.74) is 5.69. The van der Waals surface area contributed by atoms with Crippen LogP contribution in [0.3, 0.4) is 0 Å². The third-order valence-electron chi connectivity index (χ3n) is 2.57. The summed E-state index contributed by atoms with van der Waals surface area (Å²) < 4.78 is 5.61. The van der Waals surface area contributed by atoms with Crippen LogP contribution in [-0.2, 0) is 0 Å². The Labute approximate surface area is 72.7 Å². The van der Waals surface area contributed by atoms with Crippen molar-refractivity contribution in [2.75, 3.05) is 0 Å². The van der Waals surface area contributed by atoms with Crippen LogP contribution in [0.5, 0.6) is 0 Å². The molecule has 0 aliphatic heterocycles. The van der Waals surface area contributed by atoms with E-state index in [1.54, 1.807) is 0 Å². The minimum atomic E-state index is 0.0211. The normalized spacial score (nSPS) is 30.2. The molecule has 1 aliphatic carbocycles. The first-order chi connectivity index (χ1) is 5.68. The van der Waals surface area contributed by atoms with E-state index in [0.717, 1.165) is 17.4 Å². The number of nitrogens with two attached hydrogens (primary N) is 1. The van der Waals surface area contributed by atoms with E-state index in [-0.39, 0.29) is 6.04 Å². The molecule has 2 rings (SSSR count). The van der Waals surface area contributed by atoms with Gasteiger partial charge in [0.2, 0.25) is 0 Å². The van der Waals surface area contributed by atoms with Gasteiger partial charge in [0.1, 0.15) is 11.5 Å². The fraction of sp³-hybridized carbons (Fsp3) is 0.600. The number of rotatable bonds is 2. The van der Waals surface area contributed by atoms with Crippen LogP contribution in [0.1, 0.15) is 43.7 Å². The van der Waals surface area contributed by atoms with Crippen molar-refractivity contribution >= 4 is 0 Å². The first-order valence-corrected chi connectivity index (χ1v) is 4.53. The van der Waals surface area contributed by atoms with Gasteiger partial charge in [0.25, 0.3) is 0 Å². The lowest BCUT2D eigenvalue weighted by Gasteiger charge is -1.98. The minimum absolute atomic E-state index is 0.0211. The molecule has 66 valence electrons. The molecule has 3 atom stereocenters. The van der Waals surface area contributed by atoms with Gasteiger partial charge in [0.15, 0.2) is 0 Å². The van der Waals surface area contributed by atoms with Crippen LogP contribution in [0.2, 0.25) is 0 Å². The highest BCUT2D eigenvalue weighted by Crippen LogP contribution is 2.47. The summed E-state index contributed by atoms with van der Waals surface area (Å²) in [7, 11) is 0. The zero-order chi connectivity index (χ0) is 8.72. The molecular weight excluding hydrogens is 150 g/mol. The molecule has 1 fully saturated rings. The van der Waals surface area contributed by atoms with Crippen LogP contribution in [0, 0.1) is 5.92 Å². The van der Waals surface area contributed by atoms with E-state index in [9.17, 15) is 0 Å². The van der Waals surface area contributed by atoms with Crippen molar-refractivity contribution in [1.29, 1.82) is 0 Å². The maximum absolute atomic E-state index is 5.69. The minimum Gasteiger partial charge on any atom is -0.464 e. The second-order valence-corrected chi connectivity index (χ2v) is 3.85. The summed E-state index contributed by atoms with van der Waals surface area (Å²) in [4.78, 5) is 0. The second kappa shape index (κ2) is 2.63. The Balaban J connectivity index is 2.14. The molecule has 2 unspecified atom stereocenters. The molecule has 2 heteroatoms. The molecule has 1 saturated carbocycles. The smallest absolute Gasteiger partial charge is 0.120 e. The molecule has 0 spiro atoms. The lowest BCUT2D eigenvalue weighted by molar-refractivity contribution is 0.440. The maximum atomic E-state index is 5.69. The Bertz CT molecular complexity index is 277. The van der Waals surface area contributed by atoms with E-state index < -0.39 is 0 Å². The summed E-state index contributed by atoms with van der Waals surface area (Å²) in [6.07, 6.45) is 1.27. The fourth-order valence-electron chi connectivity index (χ4n) is 1.53. The van der Waals surface area contributed by atoms with E-state index in [4.69, 9.17) is 10.2 Å². The van der Waals surface area contributed by atoms with Crippen molar-refractivity contribution in [2.24, 2.45) is 11.7 Å². The van der Waals surface area contributed by atoms with Crippen LogP contribution >= 0.6 is 0 Å². The van der Waals surface area contributed by atoms with Crippen molar-refractivity contribution < 1.29 is 4.42 Å². The van der Waals surface area contributed by atoms with Gasteiger partial charge in [-0.05, 0) is 31.4 Å². The van der Waals surface area contributed by atoms with Crippen molar-refractivity contribution in [2.45, 2.75) is 32.2 Å². The van der Waals surface area contributed by atoms with Crippen molar-refractivity contribution in [1.82, 2.24) is 0 Å². The monoisotopic (exact) mass is 165 g/mol. The molecule has 2 nitrogen and oxygen atoms in total. The van der Waals surface area contributed by atoms with E-state index in [1.807, 2.05) is 13.0 Å². The lowest BCUT2D eigenvalue weighted by Crippen LogP contribution is -2.02. The molecule has 12 heavy (non-hydrogen) atoms. The molecule has 1 aliphatic rings. The molecule has 0 radical (unpaired) electrons. The van der Waals surface area contributed by atoms with Crippen LogP contribution < -0.4 is 5.73 Å². The topological polar surface area (TPSA) is 39.2 Å². The van der Waals surface area contributed by atoms with E-state index in [2.05, 4.69) is 13.0 Å². The third-order valence-corrected chi connectivity index (χ3v) is 2.57. The molecule has 0 bridgehead atoms. The Morgan fingerprint density at radius 3 is 2.67 bits per heavy atom. The molecule has 1 aromatic rings. The molecule has 0 saturated heterocycles. The molecule has 0 amide bonds. The van der Waals surface area contributed by atoms with Gasteiger partial charge in [-0.1, -0.05) is 6.92 Å². The number of hydrogen-bond donors (Lipinski definition) is 1. The molecular formula is C10H15NO. The average molecular weight is 165 g/mol. The zero-order valence-corrected chi connectivity index (χ0v) is 7.58. The maximum Gasteiger partial charge on any atom is 0.120 e. The van der Waals surface area contributed by atoms with Crippen LogP contribution in [0.25, 0.3) is 0 Å². The van der Waals surface area contributed by atoms with Crippen LogP contribution in [-0.4, -0.2) is 0 Å². The number of furan rings is 1. The highest BCUT2D eigenvalue weighted by molar-refractivity contribution is 5.18. The summed E-state index contributed by atoms with van der Waals surface area (Å²) in [5.74, 6) is 3.49. The Morgan fingerprint density at radius 1 is 1.58 bits per heavy atom. The second-order valence-electron chi connectivity index (χ2n) is 3.85. The van der Waals surface area contributed by atoms with E-state index in [0.29, 0.717) is 5.92 Å². The predicted octanol–water partition coefficient (Wildman–Crippen LogP) is 2.42. The highest BCUT2D eigenvalue weighted by atomic mass is 16.3. The van der Waals surface area contributed by atoms with Crippen molar-refractivity contribution in [3.05, 3.63) is 23.7 Å². The summed E-state index contributed by atoms with van der Waals surface area (Å²) in [6.45, 7) is 4.19. The Kier molecular flexibility index (Phi) is 1.72. The van der Waals surface area contributed by atoms with Gasteiger partial charge in [0, 0.05) is 5.92 Å². The van der Waals surface area contributed by atoms with Gasteiger partial charge in [-0.15, -0.1) is 0 Å². The number of hydrogen-bond acceptors (Lipinski definition) is 2. The van der Waals surface area contributed by atoms with Crippen molar-refractivity contribution in [3.63, 3.8) is 0 Å². The third kappa shape index (κ3) is 1.27. The Morgan fingerprint density at radius 2 is 2.25 bits per heavy atom. The summed E-state index contributed by atoms with van der Waals surface area (Å²) in [6, 6.07) is 4.07. The van der Waals surface area contributed by atoms with Crippen molar-refractivity contribution in [3.8, 4) is 0 Å². The molecule has 0 aromatic carbocycles. The Hall–Kier alpha value is -0.760. The zero-order valence-electron chi connectivity index (χ0n) is 7.58. The quantitative estimate of drug-likeness (QED) is 0.731. The van der Waals surface area contributed by atoms with Gasteiger partial charge in [-0.3, -0.25) is 0 Å². The summed E-state index contributed by atoms with van der Waals surface area (Å²) >= 11 is 0. The van der Waals surface area contributed by atoms with E-state index in [1.165, 1.54) is 6.42 Å². The van der Waals surface area contributed by atoms with Crippen LogP contribution in [0.15, 0.2) is 16.5 Å². The van der Waals surface area contributed by atoms with Gasteiger partial charge in [-0.2, -0.15) is 0 Å². The van der Waals surface area contributed by atoms with E-state index >= 15 is 0 Å². The lowest BCUT2D eigenvalue weighted by atomic mass is 10.2. The molecule has 2 N–H and O–H groups in total. The first-order valence-electron chi connectivity index (χ1n) is 4.53. The van der Waals surface area contributed by atoms with Gasteiger partial charge in [-0.25, -0.2) is 0 Å². The SMILES string of the molecule is CC1CC1c1ccc([C@@H](C)N)o1. The first kappa shape index (κ1) is 7.87. The molecule has 1 aromatic heterocycles. The largest absolute Gasteiger partial charge is 0.464 e. The van der Waals surface area contributed by atoms with Gasteiger partial charge >= 0.3 is 0 Å². The molecule has 1 heterocycles. The fourth-order valence-corrected chi connectivity index (χ4v) is 1.53. The summed E-state index contributed by atoms with van der Waals surface area (Å²) in [5, 5.41) is 0. The predicted molar refractivity (Wildman–Crippen MR) is 47.8 cm³/mol. The highest BCUT2D eigenvalue weighted by Gasteiger charge is 2.36. The average Bonchev–Trinajstić information content (AvgIpc) is 2.59. The van der Waals surface area contributed by atoms with Gasteiger partial charge < -0.3 is 10.2 Å².